The van der Waals surface area contributed by atoms with Crippen LogP contribution in [0.4, 0.5) is 0 Å². The van der Waals surface area contributed by atoms with Gasteiger partial charge in [-0.3, -0.25) is 9.59 Å². The average Bonchev–Trinajstić information content (AvgIpc) is 3.15. The topological polar surface area (TPSA) is 88.8 Å². The fourth-order valence-corrected chi connectivity index (χ4v) is 3.75. The zero-order valence-electron chi connectivity index (χ0n) is 17.3. The van der Waals surface area contributed by atoms with E-state index in [2.05, 4.69) is 10.1 Å². The van der Waals surface area contributed by atoms with Crippen LogP contribution < -0.4 is 0 Å². The van der Waals surface area contributed by atoms with E-state index in [9.17, 15) is 9.59 Å². The molecule has 156 valence electrons. The van der Waals surface area contributed by atoms with E-state index in [1.54, 1.807) is 14.0 Å². The van der Waals surface area contributed by atoms with E-state index < -0.39 is 0 Å². The second-order valence-corrected chi connectivity index (χ2v) is 7.42. The molecule has 1 fully saturated rings. The molecule has 1 atom stereocenters. The lowest BCUT2D eigenvalue weighted by molar-refractivity contribution is -0.132. The van der Waals surface area contributed by atoms with E-state index in [1.165, 1.54) is 0 Å². The van der Waals surface area contributed by atoms with Crippen LogP contribution in [-0.4, -0.2) is 64.5 Å². The zero-order valence-corrected chi connectivity index (χ0v) is 17.3. The Labute approximate surface area is 170 Å². The standard InChI is InChI=1S/C21H28N4O4/c1-15-6-4-7-17(12-15)21(27)24-10-5-8-18(13-24)25(16(2)26)11-9-19-22-20(14-28-3)29-23-19/h4,6-7,12,18H,5,8-11,13-14H2,1-3H3. The lowest BCUT2D eigenvalue weighted by Gasteiger charge is -2.39. The van der Waals surface area contributed by atoms with E-state index in [0.717, 1.165) is 18.4 Å². The van der Waals surface area contributed by atoms with Gasteiger partial charge in [-0.05, 0) is 31.9 Å². The SMILES string of the molecule is COCc1nc(CCN(C(C)=O)C2CCCN(C(=O)c3cccc(C)c3)C2)no1. The highest BCUT2D eigenvalue weighted by Crippen LogP contribution is 2.19. The Kier molecular flexibility index (Phi) is 6.98. The molecule has 1 unspecified atom stereocenters. The summed E-state index contributed by atoms with van der Waals surface area (Å²) in [6, 6.07) is 7.61. The van der Waals surface area contributed by atoms with Gasteiger partial charge in [-0.15, -0.1) is 0 Å². The highest BCUT2D eigenvalue weighted by molar-refractivity contribution is 5.94. The van der Waals surface area contributed by atoms with Gasteiger partial charge in [0.25, 0.3) is 11.8 Å². The van der Waals surface area contributed by atoms with Gasteiger partial charge in [0.05, 0.1) is 0 Å². The maximum atomic E-state index is 12.9. The predicted molar refractivity (Wildman–Crippen MR) is 106 cm³/mol. The lowest BCUT2D eigenvalue weighted by Crippen LogP contribution is -2.51. The number of nitrogens with zero attached hydrogens (tertiary/aromatic N) is 4. The molecule has 3 rings (SSSR count). The van der Waals surface area contributed by atoms with Gasteiger partial charge in [0.1, 0.15) is 6.61 Å². The first-order valence-corrected chi connectivity index (χ1v) is 9.91. The van der Waals surface area contributed by atoms with Crippen molar-refractivity contribution in [2.45, 2.75) is 45.8 Å². The minimum atomic E-state index is -0.0136. The summed E-state index contributed by atoms with van der Waals surface area (Å²) in [5, 5.41) is 3.93. The van der Waals surface area contributed by atoms with Crippen molar-refractivity contribution in [3.05, 3.63) is 47.1 Å². The maximum Gasteiger partial charge on any atom is 0.253 e. The molecule has 0 aliphatic carbocycles. The number of aryl methyl sites for hydroxylation is 1. The first-order chi connectivity index (χ1) is 14.0. The number of carbonyl (C=O) groups excluding carboxylic acids is 2. The Morgan fingerprint density at radius 1 is 1.38 bits per heavy atom. The maximum absolute atomic E-state index is 12.9. The van der Waals surface area contributed by atoms with E-state index in [-0.39, 0.29) is 24.5 Å². The second-order valence-electron chi connectivity index (χ2n) is 7.42. The Hall–Kier alpha value is -2.74. The number of aromatic nitrogens is 2. The van der Waals surface area contributed by atoms with Crippen molar-refractivity contribution in [1.29, 1.82) is 0 Å². The minimum absolute atomic E-state index is 0.0135. The monoisotopic (exact) mass is 400 g/mol. The van der Waals surface area contributed by atoms with Crippen LogP contribution in [0, 0.1) is 6.92 Å². The number of ether oxygens (including phenoxy) is 1. The summed E-state index contributed by atoms with van der Waals surface area (Å²) in [7, 11) is 1.56. The quantitative estimate of drug-likeness (QED) is 0.708. The number of hydrogen-bond acceptors (Lipinski definition) is 6. The molecule has 1 aromatic heterocycles. The zero-order chi connectivity index (χ0) is 20.8. The van der Waals surface area contributed by atoms with Crippen LogP contribution in [-0.2, 0) is 22.6 Å². The third kappa shape index (κ3) is 5.41. The van der Waals surface area contributed by atoms with Crippen LogP contribution >= 0.6 is 0 Å². The molecule has 29 heavy (non-hydrogen) atoms. The first-order valence-electron chi connectivity index (χ1n) is 9.91. The van der Waals surface area contributed by atoms with Gasteiger partial charge in [0, 0.05) is 51.7 Å². The Morgan fingerprint density at radius 2 is 2.21 bits per heavy atom. The molecule has 0 N–H and O–H groups in total. The molecule has 1 aromatic carbocycles. The van der Waals surface area contributed by atoms with Crippen LogP contribution in [0.25, 0.3) is 0 Å². The number of carbonyl (C=O) groups is 2. The largest absolute Gasteiger partial charge is 0.375 e. The molecule has 2 amide bonds. The number of amides is 2. The molecular formula is C21H28N4O4. The van der Waals surface area contributed by atoms with Gasteiger partial charge in [0.15, 0.2) is 5.82 Å². The Morgan fingerprint density at radius 3 is 2.93 bits per heavy atom. The smallest absolute Gasteiger partial charge is 0.253 e. The summed E-state index contributed by atoms with van der Waals surface area (Å²) in [5.74, 6) is 0.973. The van der Waals surface area contributed by atoms with Crippen molar-refractivity contribution in [3.63, 3.8) is 0 Å². The van der Waals surface area contributed by atoms with Crippen molar-refractivity contribution < 1.29 is 18.8 Å². The van der Waals surface area contributed by atoms with Gasteiger partial charge in [0.2, 0.25) is 5.91 Å². The van der Waals surface area contributed by atoms with Crippen LogP contribution in [0.15, 0.2) is 28.8 Å². The van der Waals surface area contributed by atoms with Gasteiger partial charge in [-0.2, -0.15) is 4.98 Å². The lowest BCUT2D eigenvalue weighted by atomic mass is 10.0. The van der Waals surface area contributed by atoms with Crippen molar-refractivity contribution >= 4 is 11.8 Å². The van der Waals surface area contributed by atoms with E-state index in [1.807, 2.05) is 41.0 Å². The number of piperidine rings is 1. The normalized spacial score (nSPS) is 16.7. The summed E-state index contributed by atoms with van der Waals surface area (Å²) >= 11 is 0. The van der Waals surface area contributed by atoms with Crippen LogP contribution in [0.1, 0.15) is 47.4 Å². The Bertz CT molecular complexity index is 851. The first kappa shape index (κ1) is 21.0. The molecule has 2 aromatic rings. The molecule has 8 heteroatoms. The highest BCUT2D eigenvalue weighted by Gasteiger charge is 2.30. The van der Waals surface area contributed by atoms with Crippen LogP contribution in [0.2, 0.25) is 0 Å². The van der Waals surface area contributed by atoms with E-state index in [4.69, 9.17) is 9.26 Å². The number of methoxy groups -OCH3 is 1. The number of rotatable bonds is 7. The van der Waals surface area contributed by atoms with Crippen LogP contribution in [0.5, 0.6) is 0 Å². The average molecular weight is 400 g/mol. The van der Waals surface area contributed by atoms with E-state index in [0.29, 0.717) is 43.3 Å². The summed E-state index contributed by atoms with van der Waals surface area (Å²) < 4.78 is 10.1. The number of benzene rings is 1. The molecule has 1 aliphatic heterocycles. The van der Waals surface area contributed by atoms with Crippen molar-refractivity contribution in [2.75, 3.05) is 26.7 Å². The molecule has 8 nitrogen and oxygen atoms in total. The highest BCUT2D eigenvalue weighted by atomic mass is 16.5. The molecule has 0 saturated carbocycles. The molecule has 2 heterocycles. The summed E-state index contributed by atoms with van der Waals surface area (Å²) in [6.45, 7) is 5.53. The molecule has 0 spiro atoms. The van der Waals surface area contributed by atoms with Crippen LogP contribution in [0.3, 0.4) is 0 Å². The Balaban J connectivity index is 1.64. The molecule has 1 aliphatic rings. The fraction of sp³-hybridized carbons (Fsp3) is 0.524. The molecule has 1 saturated heterocycles. The number of likely N-dealkylation sites (tertiary alicyclic amines) is 1. The van der Waals surface area contributed by atoms with Gasteiger partial charge in [-0.1, -0.05) is 22.9 Å². The van der Waals surface area contributed by atoms with Crippen molar-refractivity contribution in [3.8, 4) is 0 Å². The third-order valence-electron chi connectivity index (χ3n) is 5.15. The summed E-state index contributed by atoms with van der Waals surface area (Å²) in [4.78, 5) is 33.1. The third-order valence-corrected chi connectivity index (χ3v) is 5.15. The fourth-order valence-electron chi connectivity index (χ4n) is 3.75. The second kappa shape index (κ2) is 9.65. The van der Waals surface area contributed by atoms with Gasteiger partial charge >= 0.3 is 0 Å². The molecule has 0 bridgehead atoms. The molecular weight excluding hydrogens is 372 g/mol. The van der Waals surface area contributed by atoms with E-state index >= 15 is 0 Å². The predicted octanol–water partition coefficient (Wildman–Crippen LogP) is 2.22. The summed E-state index contributed by atoms with van der Waals surface area (Å²) in [5.41, 5.74) is 1.75. The number of hydrogen-bond donors (Lipinski definition) is 0. The van der Waals surface area contributed by atoms with Gasteiger partial charge < -0.3 is 19.1 Å². The summed E-state index contributed by atoms with van der Waals surface area (Å²) in [6.07, 6.45) is 2.24. The minimum Gasteiger partial charge on any atom is -0.375 e. The molecule has 0 radical (unpaired) electrons. The van der Waals surface area contributed by atoms with Crippen molar-refractivity contribution in [2.24, 2.45) is 0 Å². The van der Waals surface area contributed by atoms with Gasteiger partial charge in [-0.25, -0.2) is 0 Å². The van der Waals surface area contributed by atoms with Crippen molar-refractivity contribution in [1.82, 2.24) is 19.9 Å².